The van der Waals surface area contributed by atoms with E-state index in [1.807, 2.05) is 21.0 Å². The Bertz CT molecular complexity index is 1810. The first-order chi connectivity index (χ1) is 24.0. The number of anilines is 1. The van der Waals surface area contributed by atoms with Crippen LogP contribution in [0.4, 0.5) is 19.0 Å². The molecule has 3 aliphatic rings. The lowest BCUT2D eigenvalue weighted by Gasteiger charge is -2.32. The van der Waals surface area contributed by atoms with Gasteiger partial charge in [0.25, 0.3) is 0 Å². The zero-order chi connectivity index (χ0) is 35.6. The summed E-state index contributed by atoms with van der Waals surface area (Å²) in [6, 6.07) is 3.52. The van der Waals surface area contributed by atoms with Crippen molar-refractivity contribution >= 4 is 17.2 Å². The number of rotatable bonds is 13. The minimum atomic E-state index is -4.54. The Balaban J connectivity index is 1.24. The molecule has 0 aromatic carbocycles. The summed E-state index contributed by atoms with van der Waals surface area (Å²) < 4.78 is 47.9. The van der Waals surface area contributed by atoms with Crippen LogP contribution >= 0.6 is 0 Å². The molecular formula is C35H44F3N11O. The molecule has 0 bridgehead atoms. The van der Waals surface area contributed by atoms with Gasteiger partial charge in [0, 0.05) is 111 Å². The van der Waals surface area contributed by atoms with Crippen molar-refractivity contribution in [3.8, 4) is 17.3 Å². The van der Waals surface area contributed by atoms with Crippen molar-refractivity contribution in [3.63, 3.8) is 0 Å². The van der Waals surface area contributed by atoms with Gasteiger partial charge in [-0.25, -0.2) is 19.9 Å². The molecule has 15 heteroatoms. The first-order valence-electron chi connectivity index (χ1n) is 17.1. The molecule has 266 valence electrons. The van der Waals surface area contributed by atoms with Gasteiger partial charge in [-0.05, 0) is 38.3 Å². The van der Waals surface area contributed by atoms with Gasteiger partial charge in [0.1, 0.15) is 18.0 Å². The van der Waals surface area contributed by atoms with Crippen molar-refractivity contribution in [3.05, 3.63) is 70.3 Å². The molecule has 2 aliphatic heterocycles. The smallest absolute Gasteiger partial charge is 0.434 e. The van der Waals surface area contributed by atoms with Gasteiger partial charge in [-0.1, -0.05) is 6.92 Å². The fourth-order valence-corrected chi connectivity index (χ4v) is 6.54. The first-order valence-corrected chi connectivity index (χ1v) is 17.1. The molecule has 12 nitrogen and oxygen atoms in total. The number of alkyl halides is 3. The third-order valence-corrected chi connectivity index (χ3v) is 9.55. The van der Waals surface area contributed by atoms with E-state index in [2.05, 4.69) is 40.8 Å². The maximum absolute atomic E-state index is 13.4. The summed E-state index contributed by atoms with van der Waals surface area (Å²) in [4.78, 5) is 19.7. The van der Waals surface area contributed by atoms with Gasteiger partial charge in [-0.3, -0.25) is 5.41 Å². The van der Waals surface area contributed by atoms with E-state index in [9.17, 15) is 18.6 Å². The van der Waals surface area contributed by atoms with Crippen LogP contribution in [0.2, 0.25) is 0 Å². The molecule has 1 atom stereocenters. The zero-order valence-electron chi connectivity index (χ0n) is 28.8. The second kappa shape index (κ2) is 14.6. The first kappa shape index (κ1) is 35.1. The van der Waals surface area contributed by atoms with E-state index in [4.69, 9.17) is 10.1 Å². The Morgan fingerprint density at radius 2 is 1.84 bits per heavy atom. The number of aromatic nitrogens is 5. The van der Waals surface area contributed by atoms with E-state index >= 15 is 0 Å². The van der Waals surface area contributed by atoms with Crippen LogP contribution in [0.25, 0.3) is 11.4 Å². The highest BCUT2D eigenvalue weighted by molar-refractivity contribution is 6.14. The van der Waals surface area contributed by atoms with Crippen LogP contribution < -0.4 is 25.6 Å². The van der Waals surface area contributed by atoms with Crippen LogP contribution in [-0.4, -0.2) is 82.8 Å². The number of ether oxygens (including phenoxy) is 1. The topological polar surface area (TPSA) is 153 Å². The molecule has 6 rings (SSSR count). The van der Waals surface area contributed by atoms with E-state index in [0.717, 1.165) is 60.2 Å². The molecule has 1 aliphatic carbocycles. The summed E-state index contributed by atoms with van der Waals surface area (Å²) in [6.07, 6.45) is 2.95. The van der Waals surface area contributed by atoms with Crippen LogP contribution in [0.1, 0.15) is 62.4 Å². The SMILES string of the molecule is CCn1cc(C(F)(F)F)nc1-c1ccc(N2CCC(NC)=C(C(=N)c3c(OCC(C)C(=N)C4=C(NC)CCNC4)ncnc3C3CC3)C2)nc1. The fourth-order valence-electron chi connectivity index (χ4n) is 6.54. The summed E-state index contributed by atoms with van der Waals surface area (Å²) in [5.74, 6) is 1.20. The quantitative estimate of drug-likeness (QED) is 0.158. The summed E-state index contributed by atoms with van der Waals surface area (Å²) >= 11 is 0. The molecule has 5 N–H and O–H groups in total. The van der Waals surface area contributed by atoms with Crippen LogP contribution in [0, 0.1) is 16.7 Å². The highest BCUT2D eigenvalue weighted by Crippen LogP contribution is 2.43. The van der Waals surface area contributed by atoms with Gasteiger partial charge in [-0.15, -0.1) is 0 Å². The third kappa shape index (κ3) is 7.23. The second-order valence-corrected chi connectivity index (χ2v) is 12.9. The van der Waals surface area contributed by atoms with Crippen molar-refractivity contribution in [2.45, 2.75) is 58.2 Å². The number of nitrogens with zero attached hydrogens (tertiary/aromatic N) is 6. The third-order valence-electron chi connectivity index (χ3n) is 9.55. The maximum Gasteiger partial charge on any atom is 0.434 e. The molecule has 0 radical (unpaired) electrons. The Morgan fingerprint density at radius 3 is 2.50 bits per heavy atom. The number of hydrogen-bond acceptors (Lipinski definition) is 11. The number of hydrogen-bond donors (Lipinski definition) is 5. The van der Waals surface area contributed by atoms with Crippen molar-refractivity contribution in [1.29, 1.82) is 10.8 Å². The van der Waals surface area contributed by atoms with E-state index < -0.39 is 11.9 Å². The predicted octanol–water partition coefficient (Wildman–Crippen LogP) is 4.90. The van der Waals surface area contributed by atoms with Gasteiger partial charge in [0.05, 0.1) is 23.6 Å². The normalized spacial score (nSPS) is 17.5. The Hall–Kier alpha value is -4.79. The molecule has 3 aromatic rings. The number of halogens is 3. The maximum atomic E-state index is 13.4. The molecule has 0 amide bonds. The number of pyridine rings is 1. The van der Waals surface area contributed by atoms with E-state index in [1.54, 1.807) is 25.3 Å². The Morgan fingerprint density at radius 1 is 1.08 bits per heavy atom. The zero-order valence-corrected chi connectivity index (χ0v) is 28.8. The van der Waals surface area contributed by atoms with E-state index in [0.29, 0.717) is 61.1 Å². The lowest BCUT2D eigenvalue weighted by molar-refractivity contribution is -0.140. The summed E-state index contributed by atoms with van der Waals surface area (Å²) in [6.45, 7) is 6.80. The summed E-state index contributed by atoms with van der Waals surface area (Å²) in [7, 11) is 3.73. The summed E-state index contributed by atoms with van der Waals surface area (Å²) in [5, 5.41) is 28.4. The molecule has 0 saturated heterocycles. The van der Waals surface area contributed by atoms with Gasteiger partial charge >= 0.3 is 6.18 Å². The number of aryl methyl sites for hydroxylation is 1. The average Bonchev–Trinajstić information content (AvgIpc) is 3.89. The molecule has 1 fully saturated rings. The Labute approximate surface area is 289 Å². The van der Waals surface area contributed by atoms with Crippen molar-refractivity contribution < 1.29 is 17.9 Å². The highest BCUT2D eigenvalue weighted by Gasteiger charge is 2.36. The van der Waals surface area contributed by atoms with Crippen LogP contribution in [0.15, 0.2) is 53.4 Å². The van der Waals surface area contributed by atoms with Crippen LogP contribution in [0.3, 0.4) is 0 Å². The monoisotopic (exact) mass is 691 g/mol. The van der Waals surface area contributed by atoms with Gasteiger partial charge < -0.3 is 35.6 Å². The number of imidazole rings is 1. The molecule has 1 unspecified atom stereocenters. The second-order valence-electron chi connectivity index (χ2n) is 12.9. The minimum absolute atomic E-state index is 0.209. The predicted molar refractivity (Wildman–Crippen MR) is 186 cm³/mol. The highest BCUT2D eigenvalue weighted by atomic mass is 19.4. The lowest BCUT2D eigenvalue weighted by Crippen LogP contribution is -2.37. The number of nitrogens with one attached hydrogen (secondary N) is 5. The molecule has 1 saturated carbocycles. The fraction of sp³-hybridized carbons (Fsp3) is 0.486. The minimum Gasteiger partial charge on any atom is -0.476 e. The van der Waals surface area contributed by atoms with E-state index in [-0.39, 0.29) is 30.0 Å². The lowest BCUT2D eigenvalue weighted by atomic mass is 9.93. The van der Waals surface area contributed by atoms with Gasteiger partial charge in [0.15, 0.2) is 5.69 Å². The van der Waals surface area contributed by atoms with Crippen molar-refractivity contribution in [2.75, 3.05) is 51.8 Å². The van der Waals surface area contributed by atoms with Gasteiger partial charge in [-0.2, -0.15) is 13.2 Å². The largest absolute Gasteiger partial charge is 0.476 e. The van der Waals surface area contributed by atoms with Crippen molar-refractivity contribution in [2.24, 2.45) is 5.92 Å². The average molecular weight is 692 g/mol. The molecular weight excluding hydrogens is 647 g/mol. The summed E-state index contributed by atoms with van der Waals surface area (Å²) in [5.41, 5.74) is 5.43. The Kier molecular flexibility index (Phi) is 10.2. The standard InChI is InChI=1S/C35H44F3N11O/c1-5-48-17-27(35(36,37)38)47-33(48)22-8-9-28(44-14-22)49-13-11-26(42-4)24(16-49)31(40)29-32(21-6-7-21)45-19-46-34(29)50-18-20(2)30(39)23-15-43-12-10-25(23)41-3/h8-9,14,17,19-21,39-43H,5-7,10-13,15-16,18H2,1-4H3. The molecule has 5 heterocycles. The van der Waals surface area contributed by atoms with Crippen LogP contribution in [0.5, 0.6) is 5.88 Å². The molecule has 50 heavy (non-hydrogen) atoms. The van der Waals surface area contributed by atoms with Crippen molar-refractivity contribution in [1.82, 2.24) is 40.5 Å². The van der Waals surface area contributed by atoms with Crippen LogP contribution in [-0.2, 0) is 12.7 Å². The van der Waals surface area contributed by atoms with E-state index in [1.165, 1.54) is 10.9 Å². The van der Waals surface area contributed by atoms with Gasteiger partial charge in [0.2, 0.25) is 5.88 Å². The molecule has 0 spiro atoms. The molecule has 3 aromatic heterocycles.